The van der Waals surface area contributed by atoms with Gasteiger partial charge >= 0.3 is 0 Å². The maximum Gasteiger partial charge on any atom is 0.0413 e. The Morgan fingerprint density at radius 1 is 1.41 bits per heavy atom. The predicted molar refractivity (Wildman–Crippen MR) is 76.1 cm³/mol. The first-order valence-electron chi connectivity index (χ1n) is 6.21. The number of hydrogen-bond donors (Lipinski definition) is 1. The van der Waals surface area contributed by atoms with E-state index in [4.69, 9.17) is 11.6 Å². The molecule has 90 valence electrons. The molecular formula is C14H16ClNS. The minimum absolute atomic E-state index is 0.772. The maximum atomic E-state index is 6.08. The third-order valence-electron chi connectivity index (χ3n) is 3.32. The van der Waals surface area contributed by atoms with Crippen LogP contribution in [-0.2, 0) is 13.0 Å². The average Bonchev–Trinajstić information content (AvgIpc) is 3.08. The van der Waals surface area contributed by atoms with Crippen LogP contribution in [0.2, 0.25) is 5.02 Å². The Hall–Kier alpha value is -0.570. The Bertz CT molecular complexity index is 542. The summed E-state index contributed by atoms with van der Waals surface area (Å²) in [5.74, 6) is 0. The van der Waals surface area contributed by atoms with Gasteiger partial charge in [-0.25, -0.2) is 0 Å². The van der Waals surface area contributed by atoms with E-state index < -0.39 is 0 Å². The quantitative estimate of drug-likeness (QED) is 0.866. The summed E-state index contributed by atoms with van der Waals surface area (Å²) >= 11 is 7.99. The standard InChI is InChI=1S/C14H16ClNS/c1-2-11-12-7-9(15)3-6-13(12)17-14(11)8-16-10-4-5-10/h3,6-7,10,16H,2,4-5,8H2,1H3. The average molecular weight is 266 g/mol. The van der Waals surface area contributed by atoms with E-state index in [0.717, 1.165) is 24.0 Å². The highest BCUT2D eigenvalue weighted by atomic mass is 35.5. The largest absolute Gasteiger partial charge is 0.309 e. The summed E-state index contributed by atoms with van der Waals surface area (Å²) in [4.78, 5) is 1.48. The minimum atomic E-state index is 0.772. The zero-order chi connectivity index (χ0) is 11.8. The highest BCUT2D eigenvalue weighted by Crippen LogP contribution is 2.34. The molecule has 1 heterocycles. The van der Waals surface area contributed by atoms with Crippen molar-refractivity contribution in [1.29, 1.82) is 0 Å². The molecule has 1 nitrogen and oxygen atoms in total. The Morgan fingerprint density at radius 2 is 2.24 bits per heavy atom. The summed E-state index contributed by atoms with van der Waals surface area (Å²) < 4.78 is 1.36. The zero-order valence-electron chi connectivity index (χ0n) is 9.92. The van der Waals surface area contributed by atoms with E-state index in [1.54, 1.807) is 0 Å². The number of fused-ring (bicyclic) bond motifs is 1. The van der Waals surface area contributed by atoms with Crippen LogP contribution < -0.4 is 5.32 Å². The van der Waals surface area contributed by atoms with Crippen LogP contribution >= 0.6 is 22.9 Å². The van der Waals surface area contributed by atoms with Crippen LogP contribution in [0, 0.1) is 0 Å². The fourth-order valence-electron chi connectivity index (χ4n) is 2.23. The molecular weight excluding hydrogens is 250 g/mol. The van der Waals surface area contributed by atoms with Gasteiger partial charge in [-0.05, 0) is 48.4 Å². The molecule has 0 atom stereocenters. The third kappa shape index (κ3) is 2.35. The van der Waals surface area contributed by atoms with Crippen molar-refractivity contribution in [2.45, 2.75) is 38.8 Å². The molecule has 0 aliphatic heterocycles. The van der Waals surface area contributed by atoms with Crippen molar-refractivity contribution in [3.8, 4) is 0 Å². The van der Waals surface area contributed by atoms with Gasteiger partial charge in [0.05, 0.1) is 0 Å². The van der Waals surface area contributed by atoms with Crippen LogP contribution in [0.15, 0.2) is 18.2 Å². The second kappa shape index (κ2) is 4.60. The van der Waals surface area contributed by atoms with Gasteiger partial charge in [0.15, 0.2) is 0 Å². The van der Waals surface area contributed by atoms with Crippen LogP contribution in [-0.4, -0.2) is 6.04 Å². The summed E-state index contributed by atoms with van der Waals surface area (Å²) in [6.07, 6.45) is 3.78. The highest BCUT2D eigenvalue weighted by molar-refractivity contribution is 7.19. The topological polar surface area (TPSA) is 12.0 Å². The lowest BCUT2D eigenvalue weighted by Gasteiger charge is -2.03. The molecule has 3 rings (SSSR count). The van der Waals surface area contributed by atoms with Gasteiger partial charge in [0.25, 0.3) is 0 Å². The van der Waals surface area contributed by atoms with E-state index >= 15 is 0 Å². The molecule has 1 N–H and O–H groups in total. The van der Waals surface area contributed by atoms with E-state index in [1.165, 1.54) is 33.4 Å². The second-order valence-corrected chi connectivity index (χ2v) is 6.23. The van der Waals surface area contributed by atoms with Crippen LogP contribution in [0.4, 0.5) is 0 Å². The van der Waals surface area contributed by atoms with Gasteiger partial charge in [0.1, 0.15) is 0 Å². The summed E-state index contributed by atoms with van der Waals surface area (Å²) in [6.45, 7) is 3.24. The lowest BCUT2D eigenvalue weighted by atomic mass is 10.1. The molecule has 1 aliphatic rings. The number of aryl methyl sites for hydroxylation is 1. The van der Waals surface area contributed by atoms with Crippen molar-refractivity contribution >= 4 is 33.0 Å². The predicted octanol–water partition coefficient (Wildman–Crippen LogP) is 4.37. The molecule has 1 aromatic carbocycles. The number of thiophene rings is 1. The van der Waals surface area contributed by atoms with Crippen LogP contribution in [0.25, 0.3) is 10.1 Å². The summed E-state index contributed by atoms with van der Waals surface area (Å²) in [5, 5.41) is 5.79. The van der Waals surface area contributed by atoms with E-state index in [2.05, 4.69) is 24.4 Å². The molecule has 1 saturated carbocycles. The first kappa shape index (κ1) is 11.5. The van der Waals surface area contributed by atoms with Crippen LogP contribution in [0.3, 0.4) is 0 Å². The maximum absolute atomic E-state index is 6.08. The smallest absolute Gasteiger partial charge is 0.0413 e. The SMILES string of the molecule is CCc1c(CNC2CC2)sc2ccc(Cl)cc12. The normalized spacial score (nSPS) is 15.6. The fraction of sp³-hybridized carbons (Fsp3) is 0.429. The van der Waals surface area contributed by atoms with E-state index in [1.807, 2.05) is 17.4 Å². The third-order valence-corrected chi connectivity index (χ3v) is 4.77. The molecule has 2 aromatic rings. The summed E-state index contributed by atoms with van der Waals surface area (Å²) in [5.41, 5.74) is 1.47. The lowest BCUT2D eigenvalue weighted by molar-refractivity contribution is 0.692. The van der Waals surface area contributed by atoms with Gasteiger partial charge in [-0.2, -0.15) is 0 Å². The Kier molecular flexibility index (Phi) is 3.12. The number of rotatable bonds is 4. The molecule has 0 radical (unpaired) electrons. The number of hydrogen-bond acceptors (Lipinski definition) is 2. The minimum Gasteiger partial charge on any atom is -0.309 e. The lowest BCUT2D eigenvalue weighted by Crippen LogP contribution is -2.15. The Labute approximate surface area is 111 Å². The van der Waals surface area contributed by atoms with Gasteiger partial charge in [0, 0.05) is 27.2 Å². The summed E-state index contributed by atoms with van der Waals surface area (Å²) in [7, 11) is 0. The van der Waals surface area contributed by atoms with Gasteiger partial charge in [0.2, 0.25) is 0 Å². The van der Waals surface area contributed by atoms with Gasteiger partial charge < -0.3 is 5.32 Å². The molecule has 0 unspecified atom stereocenters. The van der Waals surface area contributed by atoms with Crippen LogP contribution in [0.1, 0.15) is 30.2 Å². The van der Waals surface area contributed by atoms with Crippen molar-refractivity contribution in [1.82, 2.24) is 5.32 Å². The monoisotopic (exact) mass is 265 g/mol. The van der Waals surface area contributed by atoms with Gasteiger partial charge in [-0.1, -0.05) is 18.5 Å². The van der Waals surface area contributed by atoms with E-state index in [-0.39, 0.29) is 0 Å². The molecule has 0 bridgehead atoms. The summed E-state index contributed by atoms with van der Waals surface area (Å²) in [6, 6.07) is 7.00. The van der Waals surface area contributed by atoms with Gasteiger partial charge in [-0.15, -0.1) is 11.3 Å². The highest BCUT2D eigenvalue weighted by Gasteiger charge is 2.21. The van der Waals surface area contributed by atoms with Crippen molar-refractivity contribution < 1.29 is 0 Å². The molecule has 0 saturated heterocycles. The molecule has 17 heavy (non-hydrogen) atoms. The van der Waals surface area contributed by atoms with E-state index in [0.29, 0.717) is 0 Å². The molecule has 1 aliphatic carbocycles. The number of halogens is 1. The fourth-order valence-corrected chi connectivity index (χ4v) is 3.63. The van der Waals surface area contributed by atoms with Crippen molar-refractivity contribution in [3.63, 3.8) is 0 Å². The first-order valence-corrected chi connectivity index (χ1v) is 7.40. The van der Waals surface area contributed by atoms with Crippen molar-refractivity contribution in [2.24, 2.45) is 0 Å². The molecule has 3 heteroatoms. The molecule has 1 aromatic heterocycles. The number of nitrogens with one attached hydrogen (secondary N) is 1. The Balaban J connectivity index is 1.97. The van der Waals surface area contributed by atoms with Crippen molar-refractivity contribution in [3.05, 3.63) is 33.7 Å². The second-order valence-electron chi connectivity index (χ2n) is 4.65. The first-order chi connectivity index (χ1) is 8.28. The van der Waals surface area contributed by atoms with Gasteiger partial charge in [-0.3, -0.25) is 0 Å². The van der Waals surface area contributed by atoms with Crippen molar-refractivity contribution in [2.75, 3.05) is 0 Å². The zero-order valence-corrected chi connectivity index (χ0v) is 11.5. The molecule has 0 spiro atoms. The molecule has 1 fully saturated rings. The number of benzene rings is 1. The molecule has 0 amide bonds. The van der Waals surface area contributed by atoms with Crippen LogP contribution in [0.5, 0.6) is 0 Å². The van der Waals surface area contributed by atoms with E-state index in [9.17, 15) is 0 Å². The Morgan fingerprint density at radius 3 is 2.94 bits per heavy atom.